The summed E-state index contributed by atoms with van der Waals surface area (Å²) in [4.78, 5) is 20.3. The molecule has 2 atom stereocenters. The van der Waals surface area contributed by atoms with E-state index in [2.05, 4.69) is 9.72 Å². The van der Waals surface area contributed by atoms with Gasteiger partial charge in [-0.3, -0.25) is 4.79 Å². The number of pyridine rings is 2. The SMILES string of the molecule is O=C(O[C@@H](Cc1c(Cl)c[n+]([O-])cc1Cl)c1ccc(OC(F)F)c(OCC2CC2)c1)[C@@H]1CCCCN1S(=O)(=O)c1ccc(N2CCOCC2)nc1. The molecular weight excluding hydrogens is 721 g/mol. The van der Waals surface area contributed by atoms with Crippen LogP contribution >= 0.6 is 23.2 Å². The zero-order valence-corrected chi connectivity index (χ0v) is 29.2. The van der Waals surface area contributed by atoms with Gasteiger partial charge in [0.05, 0.1) is 19.8 Å². The highest BCUT2D eigenvalue weighted by Gasteiger charge is 2.40. The Morgan fingerprint density at radius 3 is 2.44 bits per heavy atom. The molecular formula is C33H36Cl2F2N4O8S. The van der Waals surface area contributed by atoms with Gasteiger partial charge in [-0.1, -0.05) is 29.3 Å². The second-order valence-corrected chi connectivity index (χ2v) is 15.0. The molecule has 50 heavy (non-hydrogen) atoms. The van der Waals surface area contributed by atoms with Crippen LogP contribution in [-0.2, 0) is 30.7 Å². The van der Waals surface area contributed by atoms with Crippen molar-refractivity contribution in [3.63, 3.8) is 0 Å². The maximum atomic E-state index is 14.0. The number of halogens is 4. The molecule has 1 aliphatic carbocycles. The number of nitrogens with zero attached hydrogens (tertiary/aromatic N) is 4. The zero-order valence-electron chi connectivity index (χ0n) is 26.9. The number of anilines is 1. The van der Waals surface area contributed by atoms with E-state index in [9.17, 15) is 27.2 Å². The molecule has 0 amide bonds. The topological polar surface area (TPSA) is 134 Å². The Hall–Kier alpha value is -3.50. The first-order valence-corrected chi connectivity index (χ1v) is 18.5. The van der Waals surface area contributed by atoms with Crippen LogP contribution in [0.4, 0.5) is 14.6 Å². The fourth-order valence-electron chi connectivity index (χ4n) is 5.95. The number of benzene rings is 1. The van der Waals surface area contributed by atoms with Crippen LogP contribution in [0.2, 0.25) is 10.0 Å². The van der Waals surface area contributed by atoms with Crippen molar-refractivity contribution in [2.24, 2.45) is 5.92 Å². The Kier molecular flexibility index (Phi) is 11.5. The number of hydrogen-bond acceptors (Lipinski definition) is 10. The van der Waals surface area contributed by atoms with E-state index in [4.69, 9.17) is 37.4 Å². The van der Waals surface area contributed by atoms with Gasteiger partial charge < -0.3 is 29.1 Å². The van der Waals surface area contributed by atoms with Crippen molar-refractivity contribution in [1.82, 2.24) is 9.29 Å². The number of ether oxygens (including phenoxy) is 4. The number of morpholine rings is 1. The summed E-state index contributed by atoms with van der Waals surface area (Å²) < 4.78 is 77.9. The Bertz CT molecular complexity index is 1760. The van der Waals surface area contributed by atoms with Crippen LogP contribution in [0.1, 0.15) is 49.3 Å². The molecule has 0 N–H and O–H groups in total. The predicted octanol–water partition coefficient (Wildman–Crippen LogP) is 5.32. The molecule has 2 aromatic heterocycles. The van der Waals surface area contributed by atoms with E-state index in [1.807, 2.05) is 4.90 Å². The summed E-state index contributed by atoms with van der Waals surface area (Å²) in [6, 6.07) is 6.10. The summed E-state index contributed by atoms with van der Waals surface area (Å²) in [6.45, 7) is -0.391. The standard InChI is InChI=1S/C33H36Cl2F2N4O8S/c34-25-18-40(43)19-26(35)24(25)16-29(22-6-8-28(49-33(36)37)30(15-22)47-20-21-4-5-21)48-32(42)27-3-1-2-10-41(27)50(44,45)23-7-9-31(38-17-23)39-11-13-46-14-12-39/h6-9,15,17-19,21,27,29,33H,1-5,10-14,16,20H2/t27-,29-/m0/s1. The summed E-state index contributed by atoms with van der Waals surface area (Å²) >= 11 is 12.8. The van der Waals surface area contributed by atoms with Crippen molar-refractivity contribution in [3.8, 4) is 11.5 Å². The number of rotatable bonds is 13. The molecule has 3 fully saturated rings. The van der Waals surface area contributed by atoms with Crippen molar-refractivity contribution < 1.29 is 45.7 Å². The molecule has 3 aromatic rings. The molecule has 0 radical (unpaired) electrons. The molecule has 270 valence electrons. The molecule has 3 aliphatic rings. The predicted molar refractivity (Wildman–Crippen MR) is 178 cm³/mol. The number of piperidine rings is 1. The monoisotopic (exact) mass is 756 g/mol. The zero-order chi connectivity index (χ0) is 35.4. The maximum absolute atomic E-state index is 14.0. The first-order chi connectivity index (χ1) is 24.0. The fourth-order valence-corrected chi connectivity index (χ4v) is 8.14. The molecule has 2 aliphatic heterocycles. The molecule has 12 nitrogen and oxygen atoms in total. The number of esters is 1. The molecule has 17 heteroatoms. The summed E-state index contributed by atoms with van der Waals surface area (Å²) in [5, 5.41) is 12.0. The van der Waals surface area contributed by atoms with Gasteiger partial charge in [-0.05, 0) is 67.9 Å². The average molecular weight is 758 g/mol. The number of hydrogen-bond donors (Lipinski definition) is 0. The molecule has 6 rings (SSSR count). The van der Waals surface area contributed by atoms with Crippen LogP contribution in [0.15, 0.2) is 53.8 Å². The van der Waals surface area contributed by atoms with E-state index in [0.717, 1.165) is 29.5 Å². The first kappa shape index (κ1) is 36.3. The van der Waals surface area contributed by atoms with Crippen molar-refractivity contribution in [2.45, 2.75) is 62.2 Å². The Labute approximate surface area is 298 Å². The lowest BCUT2D eigenvalue weighted by Gasteiger charge is -2.34. The number of carbonyl (C=O) groups excluding carboxylic acids is 1. The third-order valence-electron chi connectivity index (χ3n) is 8.82. The average Bonchev–Trinajstić information content (AvgIpc) is 3.94. The number of carbonyl (C=O) groups is 1. The molecule has 4 heterocycles. The van der Waals surface area contributed by atoms with Gasteiger partial charge in [0.1, 0.15) is 32.9 Å². The van der Waals surface area contributed by atoms with Gasteiger partial charge in [0.2, 0.25) is 10.0 Å². The second kappa shape index (κ2) is 15.8. The highest BCUT2D eigenvalue weighted by atomic mass is 35.5. The maximum Gasteiger partial charge on any atom is 0.387 e. The second-order valence-electron chi connectivity index (χ2n) is 12.3. The lowest BCUT2D eigenvalue weighted by Crippen LogP contribution is -2.48. The third-order valence-corrected chi connectivity index (χ3v) is 11.4. The van der Waals surface area contributed by atoms with Crippen molar-refractivity contribution in [2.75, 3.05) is 44.4 Å². The van der Waals surface area contributed by atoms with Crippen LogP contribution < -0.4 is 19.1 Å². The van der Waals surface area contributed by atoms with Crippen molar-refractivity contribution in [3.05, 3.63) is 75.3 Å². The van der Waals surface area contributed by atoms with Crippen molar-refractivity contribution in [1.29, 1.82) is 0 Å². The highest BCUT2D eigenvalue weighted by molar-refractivity contribution is 7.89. The fraction of sp³-hybridized carbons (Fsp3) is 0.485. The van der Waals surface area contributed by atoms with Crippen molar-refractivity contribution >= 4 is 45.0 Å². The van der Waals surface area contributed by atoms with E-state index in [1.165, 1.54) is 30.5 Å². The molecule has 1 saturated carbocycles. The normalized spacial score (nSPS) is 19.3. The van der Waals surface area contributed by atoms with Gasteiger partial charge in [0.25, 0.3) is 0 Å². The molecule has 1 aromatic carbocycles. The van der Waals surface area contributed by atoms with Gasteiger partial charge in [-0.15, -0.1) is 0 Å². The van der Waals surface area contributed by atoms with E-state index < -0.39 is 34.7 Å². The quantitative estimate of drug-likeness (QED) is 0.128. The highest BCUT2D eigenvalue weighted by Crippen LogP contribution is 2.38. The summed E-state index contributed by atoms with van der Waals surface area (Å²) in [5.41, 5.74) is 0.607. The summed E-state index contributed by atoms with van der Waals surface area (Å²) in [7, 11) is -4.18. The van der Waals surface area contributed by atoms with E-state index >= 15 is 0 Å². The van der Waals surface area contributed by atoms with E-state index in [0.29, 0.717) is 55.3 Å². The summed E-state index contributed by atoms with van der Waals surface area (Å²) in [5.74, 6) is -0.0939. The van der Waals surface area contributed by atoms with Crippen LogP contribution in [0.25, 0.3) is 0 Å². The van der Waals surface area contributed by atoms with E-state index in [1.54, 1.807) is 6.07 Å². The molecule has 0 unspecified atom stereocenters. The molecule has 0 bridgehead atoms. The van der Waals surface area contributed by atoms with E-state index in [-0.39, 0.29) is 63.9 Å². The van der Waals surface area contributed by atoms with Gasteiger partial charge in [0.15, 0.2) is 23.9 Å². The minimum Gasteiger partial charge on any atom is -0.619 e. The van der Waals surface area contributed by atoms with Gasteiger partial charge in [-0.25, -0.2) is 13.4 Å². The lowest BCUT2D eigenvalue weighted by atomic mass is 10.0. The minimum absolute atomic E-state index is 0.00584. The lowest BCUT2D eigenvalue weighted by molar-refractivity contribution is -0.605. The van der Waals surface area contributed by atoms with Crippen LogP contribution in [0, 0.1) is 11.1 Å². The van der Waals surface area contributed by atoms with Gasteiger partial charge in [-0.2, -0.15) is 17.8 Å². The smallest absolute Gasteiger partial charge is 0.387 e. The van der Waals surface area contributed by atoms with Gasteiger partial charge >= 0.3 is 12.6 Å². The molecule has 0 spiro atoms. The largest absolute Gasteiger partial charge is 0.619 e. The van der Waals surface area contributed by atoms with Crippen LogP contribution in [0.3, 0.4) is 0 Å². The minimum atomic E-state index is -4.18. The number of alkyl halides is 2. The number of aromatic nitrogens is 2. The molecule has 2 saturated heterocycles. The van der Waals surface area contributed by atoms with Crippen LogP contribution in [0.5, 0.6) is 11.5 Å². The Morgan fingerprint density at radius 1 is 1.04 bits per heavy atom. The Balaban J connectivity index is 1.29. The number of sulfonamides is 1. The van der Waals surface area contributed by atoms with Gasteiger partial charge in [0, 0.05) is 37.8 Å². The van der Waals surface area contributed by atoms with Crippen LogP contribution in [-0.4, -0.2) is 75.8 Å². The third kappa shape index (κ3) is 8.68. The summed E-state index contributed by atoms with van der Waals surface area (Å²) in [6.07, 6.45) is 5.40. The first-order valence-electron chi connectivity index (χ1n) is 16.3. The Morgan fingerprint density at radius 2 is 1.78 bits per heavy atom.